The van der Waals surface area contributed by atoms with Crippen molar-refractivity contribution < 1.29 is 19.6 Å². The van der Waals surface area contributed by atoms with E-state index in [-0.39, 0.29) is 5.57 Å². The van der Waals surface area contributed by atoms with Crippen LogP contribution >= 0.6 is 45.3 Å². The minimum Gasteiger partial charge on any atom is -0.480 e. The standard InChI is InChI=1S/C41H34N4O5S4/c1-6-44-30-10-8-7-9-28(30)29-17-26(11-12-31(29)44)33-14-23(3)39(52-33)35-16-25(5)40(54-35)36-15-24(4)38(53-36)34-13-22(2)32(51-34)18-27(19-42)41(48)43(20-37(46)47)21-45(49)50/h7-18H,6,20-21H2,1-5H3,(H,46,47)/b27-18+. The van der Waals surface area contributed by atoms with Gasteiger partial charge in [0, 0.05) is 72.3 Å². The fraction of sp³-hybridized carbons (Fsp3) is 0.195. The highest BCUT2D eigenvalue weighted by Crippen LogP contribution is 2.49. The van der Waals surface area contributed by atoms with Crippen LogP contribution in [-0.2, 0) is 16.1 Å². The molecule has 7 rings (SSSR count). The Morgan fingerprint density at radius 3 is 1.96 bits per heavy atom. The largest absolute Gasteiger partial charge is 0.480 e. The summed E-state index contributed by atoms with van der Waals surface area (Å²) in [6.07, 6.45) is 1.39. The molecule has 0 fully saturated rings. The SMILES string of the molecule is CCn1c2ccccc2c2cc(-c3cc(C)c(-c4cc(C)c(-c5cc(C)c(-c6cc(C)c(/C=C(\C#N)C(=O)N(CC(=O)O)C[N+](=O)[O-])s6)s5)s4)s3)ccc21. The van der Waals surface area contributed by atoms with E-state index in [4.69, 9.17) is 5.11 Å². The van der Waals surface area contributed by atoms with Gasteiger partial charge in [-0.15, -0.1) is 45.3 Å². The molecule has 9 nitrogen and oxygen atoms in total. The third-order valence-electron chi connectivity index (χ3n) is 9.28. The van der Waals surface area contributed by atoms with Gasteiger partial charge < -0.3 is 9.67 Å². The van der Waals surface area contributed by atoms with E-state index in [0.29, 0.717) is 9.78 Å². The van der Waals surface area contributed by atoms with Crippen LogP contribution in [0.25, 0.3) is 67.6 Å². The molecular weight excluding hydrogens is 757 g/mol. The van der Waals surface area contributed by atoms with Crippen molar-refractivity contribution in [2.75, 3.05) is 13.2 Å². The maximum Gasteiger partial charge on any atom is 0.323 e. The summed E-state index contributed by atoms with van der Waals surface area (Å²) in [6, 6.07) is 26.0. The molecule has 5 heterocycles. The number of rotatable bonds is 11. The highest BCUT2D eigenvalue weighted by molar-refractivity contribution is 7.29. The average Bonchev–Trinajstić information content (AvgIpc) is 3.95. The molecule has 0 unspecified atom stereocenters. The molecule has 0 radical (unpaired) electrons. The van der Waals surface area contributed by atoms with Crippen molar-refractivity contribution in [1.82, 2.24) is 9.47 Å². The first kappa shape index (κ1) is 36.9. The van der Waals surface area contributed by atoms with E-state index in [1.807, 2.05) is 30.4 Å². The number of amides is 1. The number of nitrogens with zero attached hydrogens (tertiary/aromatic N) is 4. The average molecular weight is 791 g/mol. The second-order valence-corrected chi connectivity index (χ2v) is 17.3. The minimum absolute atomic E-state index is 0.364. The molecule has 0 atom stereocenters. The Bertz CT molecular complexity index is 2700. The first-order chi connectivity index (χ1) is 25.9. The Morgan fingerprint density at radius 2 is 1.37 bits per heavy atom. The van der Waals surface area contributed by atoms with E-state index < -0.39 is 30.0 Å². The summed E-state index contributed by atoms with van der Waals surface area (Å²) in [4.78, 5) is 43.8. The summed E-state index contributed by atoms with van der Waals surface area (Å²) in [6.45, 7) is 9.47. The van der Waals surface area contributed by atoms with Gasteiger partial charge in [-0.25, -0.2) is 0 Å². The van der Waals surface area contributed by atoms with E-state index >= 15 is 0 Å². The number of carbonyl (C=O) groups excluding carboxylic acids is 1. The first-order valence-corrected chi connectivity index (χ1v) is 20.3. The monoisotopic (exact) mass is 790 g/mol. The number of thiophene rings is 4. The van der Waals surface area contributed by atoms with Crippen molar-refractivity contribution in [3.8, 4) is 45.8 Å². The van der Waals surface area contributed by atoms with Crippen molar-refractivity contribution in [3.63, 3.8) is 0 Å². The lowest BCUT2D eigenvalue weighted by molar-refractivity contribution is -0.499. The van der Waals surface area contributed by atoms with Crippen LogP contribution in [0.15, 0.2) is 72.3 Å². The van der Waals surface area contributed by atoms with Gasteiger partial charge in [0.05, 0.1) is 0 Å². The molecule has 0 saturated carbocycles. The molecule has 5 aromatic heterocycles. The number of aromatic nitrogens is 1. The van der Waals surface area contributed by atoms with Crippen LogP contribution in [0.4, 0.5) is 0 Å². The van der Waals surface area contributed by atoms with Gasteiger partial charge in [-0.2, -0.15) is 5.26 Å². The number of carbonyl (C=O) groups is 2. The number of aryl methyl sites for hydroxylation is 5. The Balaban J connectivity index is 1.17. The van der Waals surface area contributed by atoms with Gasteiger partial charge >= 0.3 is 5.97 Å². The van der Waals surface area contributed by atoms with Crippen LogP contribution in [0.5, 0.6) is 0 Å². The van der Waals surface area contributed by atoms with E-state index in [2.05, 4.69) is 92.9 Å². The topological polar surface area (TPSA) is 129 Å². The predicted molar refractivity (Wildman–Crippen MR) is 222 cm³/mol. The molecule has 0 aliphatic carbocycles. The lowest BCUT2D eigenvalue weighted by Gasteiger charge is -2.15. The number of hydrogen-bond donors (Lipinski definition) is 1. The Kier molecular flexibility index (Phi) is 10.1. The highest BCUT2D eigenvalue weighted by Gasteiger charge is 2.26. The van der Waals surface area contributed by atoms with Crippen LogP contribution in [0.3, 0.4) is 0 Å². The molecule has 0 bridgehead atoms. The predicted octanol–water partition coefficient (Wildman–Crippen LogP) is 11.0. The van der Waals surface area contributed by atoms with E-state index in [1.165, 1.54) is 75.4 Å². The van der Waals surface area contributed by atoms with Gasteiger partial charge in [0.15, 0.2) is 0 Å². The smallest absolute Gasteiger partial charge is 0.323 e. The number of hydrogen-bond acceptors (Lipinski definition) is 9. The molecule has 0 saturated heterocycles. The number of carboxylic acid groups (broad SMARTS) is 1. The molecule has 272 valence electrons. The lowest BCUT2D eigenvalue weighted by Crippen LogP contribution is -2.39. The maximum atomic E-state index is 13.0. The fourth-order valence-corrected chi connectivity index (χ4v) is 11.9. The number of carboxylic acids is 1. The van der Waals surface area contributed by atoms with Gasteiger partial charge in [-0.05, 0) is 111 Å². The first-order valence-electron chi connectivity index (χ1n) is 17.1. The number of fused-ring (bicyclic) bond motifs is 3. The molecule has 2 aromatic carbocycles. The summed E-state index contributed by atoms with van der Waals surface area (Å²) < 4.78 is 2.37. The molecule has 0 aliphatic rings. The third kappa shape index (κ3) is 6.89. The zero-order chi connectivity index (χ0) is 38.4. The Morgan fingerprint density at radius 1 is 0.815 bits per heavy atom. The van der Waals surface area contributed by atoms with Crippen molar-refractivity contribution in [3.05, 3.63) is 110 Å². The lowest BCUT2D eigenvalue weighted by atomic mass is 10.1. The summed E-state index contributed by atoms with van der Waals surface area (Å²) in [7, 11) is 0. The number of aliphatic carboxylic acids is 1. The van der Waals surface area contributed by atoms with Crippen molar-refractivity contribution in [2.24, 2.45) is 0 Å². The number of nitriles is 1. The fourth-order valence-electron chi connectivity index (χ4n) is 6.78. The number of nitro groups is 1. The normalized spacial score (nSPS) is 11.7. The summed E-state index contributed by atoms with van der Waals surface area (Å²) in [5.74, 6) is -2.41. The molecule has 54 heavy (non-hydrogen) atoms. The molecule has 0 aliphatic heterocycles. The summed E-state index contributed by atoms with van der Waals surface area (Å²) in [5.41, 5.74) is 7.75. The minimum atomic E-state index is -1.41. The molecule has 1 amide bonds. The highest BCUT2D eigenvalue weighted by atomic mass is 32.1. The Labute approximate surface area is 327 Å². The molecular formula is C41H34N4O5S4. The molecule has 7 aromatic rings. The van der Waals surface area contributed by atoms with E-state index in [1.54, 1.807) is 22.7 Å². The van der Waals surface area contributed by atoms with Gasteiger partial charge in [-0.3, -0.25) is 24.6 Å². The summed E-state index contributed by atoms with van der Waals surface area (Å²) >= 11 is 6.73. The van der Waals surface area contributed by atoms with Gasteiger partial charge in [-0.1, -0.05) is 24.3 Å². The van der Waals surface area contributed by atoms with Crippen LogP contribution < -0.4 is 0 Å². The second-order valence-electron chi connectivity index (χ2n) is 13.1. The van der Waals surface area contributed by atoms with Gasteiger partial charge in [0.1, 0.15) is 18.2 Å². The number of para-hydroxylation sites is 1. The molecule has 0 spiro atoms. The maximum absolute atomic E-state index is 13.0. The summed E-state index contributed by atoms with van der Waals surface area (Å²) in [5, 5.41) is 32.5. The Hall–Kier alpha value is -5.39. The van der Waals surface area contributed by atoms with Crippen LogP contribution in [0.2, 0.25) is 0 Å². The van der Waals surface area contributed by atoms with Crippen molar-refractivity contribution >= 4 is 85.1 Å². The number of benzene rings is 2. The molecule has 1 N–H and O–H groups in total. The second kappa shape index (κ2) is 14.8. The van der Waals surface area contributed by atoms with Gasteiger partial charge in [0.25, 0.3) is 12.6 Å². The third-order valence-corrected chi connectivity index (χ3v) is 14.8. The quantitative estimate of drug-likeness (QED) is 0.0456. The van der Waals surface area contributed by atoms with Gasteiger partial charge in [0.2, 0.25) is 0 Å². The van der Waals surface area contributed by atoms with Crippen LogP contribution in [-0.4, -0.2) is 44.6 Å². The molecule has 13 heteroatoms. The van der Waals surface area contributed by atoms with E-state index in [9.17, 15) is 25.0 Å². The van der Waals surface area contributed by atoms with Crippen molar-refractivity contribution in [2.45, 2.75) is 41.2 Å². The zero-order valence-electron chi connectivity index (χ0n) is 30.1. The van der Waals surface area contributed by atoms with E-state index in [0.717, 1.165) is 32.3 Å². The zero-order valence-corrected chi connectivity index (χ0v) is 33.3. The van der Waals surface area contributed by atoms with Crippen molar-refractivity contribution in [1.29, 1.82) is 5.26 Å². The van der Waals surface area contributed by atoms with Crippen LogP contribution in [0.1, 0.15) is 34.1 Å². The van der Waals surface area contributed by atoms with Crippen LogP contribution in [0, 0.1) is 49.1 Å².